The van der Waals surface area contributed by atoms with Crippen LogP contribution in [0.1, 0.15) is 23.5 Å². The SMILES string of the molecule is Cc1cccc(-c2nn3c(c2-c2ccc4ncc(CN)nc4c2)CCC3)n1. The number of benzene rings is 1. The molecule has 1 aromatic carbocycles. The number of pyridine rings is 1. The van der Waals surface area contributed by atoms with E-state index in [1.807, 2.05) is 31.2 Å². The zero-order valence-electron chi connectivity index (χ0n) is 15.2. The molecule has 0 saturated carbocycles. The fraction of sp³-hybridized carbons (Fsp3) is 0.238. The van der Waals surface area contributed by atoms with Gasteiger partial charge in [0.05, 0.1) is 28.6 Å². The van der Waals surface area contributed by atoms with E-state index in [9.17, 15) is 0 Å². The van der Waals surface area contributed by atoms with Crippen LogP contribution in [0.2, 0.25) is 0 Å². The van der Waals surface area contributed by atoms with Gasteiger partial charge in [0.15, 0.2) is 0 Å². The molecule has 0 spiro atoms. The first-order valence-electron chi connectivity index (χ1n) is 9.23. The molecule has 0 bridgehead atoms. The normalized spacial score (nSPS) is 13.3. The molecular weight excluding hydrogens is 336 g/mol. The Morgan fingerprint density at radius 3 is 2.89 bits per heavy atom. The summed E-state index contributed by atoms with van der Waals surface area (Å²) in [7, 11) is 0. The zero-order valence-corrected chi connectivity index (χ0v) is 15.2. The average Bonchev–Trinajstić information content (AvgIpc) is 3.28. The fourth-order valence-electron chi connectivity index (χ4n) is 3.79. The summed E-state index contributed by atoms with van der Waals surface area (Å²) in [6.45, 7) is 3.35. The van der Waals surface area contributed by atoms with E-state index in [-0.39, 0.29) is 0 Å². The highest BCUT2D eigenvalue weighted by atomic mass is 15.3. The predicted octanol–water partition coefficient (Wildman–Crippen LogP) is 3.27. The minimum atomic E-state index is 0.384. The number of fused-ring (bicyclic) bond motifs is 2. The molecule has 5 rings (SSSR count). The lowest BCUT2D eigenvalue weighted by atomic mass is 9.99. The highest BCUT2D eigenvalue weighted by Crippen LogP contribution is 2.37. The Labute approximate surface area is 157 Å². The maximum absolute atomic E-state index is 5.74. The van der Waals surface area contributed by atoms with Gasteiger partial charge in [0.2, 0.25) is 0 Å². The van der Waals surface area contributed by atoms with E-state index in [4.69, 9.17) is 15.8 Å². The first kappa shape index (κ1) is 16.1. The first-order valence-corrected chi connectivity index (χ1v) is 9.23. The van der Waals surface area contributed by atoms with Crippen LogP contribution in [0, 0.1) is 6.92 Å². The fourth-order valence-corrected chi connectivity index (χ4v) is 3.79. The summed E-state index contributed by atoms with van der Waals surface area (Å²) in [5.41, 5.74) is 14.6. The zero-order chi connectivity index (χ0) is 18.4. The molecule has 0 radical (unpaired) electrons. The van der Waals surface area contributed by atoms with E-state index in [0.29, 0.717) is 6.54 Å². The summed E-state index contributed by atoms with van der Waals surface area (Å²) >= 11 is 0. The van der Waals surface area contributed by atoms with E-state index in [2.05, 4.69) is 26.8 Å². The van der Waals surface area contributed by atoms with Gasteiger partial charge in [-0.15, -0.1) is 0 Å². The van der Waals surface area contributed by atoms with Crippen molar-refractivity contribution in [2.45, 2.75) is 32.9 Å². The molecule has 0 aliphatic carbocycles. The Balaban J connectivity index is 1.74. The monoisotopic (exact) mass is 356 g/mol. The van der Waals surface area contributed by atoms with Gasteiger partial charge in [-0.2, -0.15) is 5.10 Å². The lowest BCUT2D eigenvalue weighted by Crippen LogP contribution is -2.00. The highest BCUT2D eigenvalue weighted by molar-refractivity contribution is 5.87. The standard InChI is InChI=1S/C21H20N6/c1-13-4-2-5-17(24-13)21-20(19-6-3-9-27(19)26-21)14-7-8-16-18(10-14)25-15(11-22)12-23-16/h2,4-5,7-8,10,12H,3,6,9,11,22H2,1H3. The Hall–Kier alpha value is -3.12. The molecule has 2 N–H and O–H groups in total. The Bertz CT molecular complexity index is 1160. The molecule has 0 saturated heterocycles. The van der Waals surface area contributed by atoms with Gasteiger partial charge in [0.1, 0.15) is 5.69 Å². The number of rotatable bonds is 3. The van der Waals surface area contributed by atoms with Crippen LogP contribution in [0.15, 0.2) is 42.6 Å². The Morgan fingerprint density at radius 2 is 2.04 bits per heavy atom. The van der Waals surface area contributed by atoms with Crippen molar-refractivity contribution in [3.8, 4) is 22.5 Å². The van der Waals surface area contributed by atoms with Crippen molar-refractivity contribution >= 4 is 11.0 Å². The van der Waals surface area contributed by atoms with Crippen LogP contribution in [-0.2, 0) is 19.5 Å². The number of nitrogens with two attached hydrogens (primary N) is 1. The van der Waals surface area contributed by atoms with Crippen molar-refractivity contribution in [3.05, 3.63) is 59.7 Å². The largest absolute Gasteiger partial charge is 0.325 e. The second kappa shape index (κ2) is 6.25. The molecule has 1 aliphatic heterocycles. The smallest absolute Gasteiger partial charge is 0.119 e. The third-order valence-corrected chi connectivity index (χ3v) is 5.06. The van der Waals surface area contributed by atoms with Crippen LogP contribution in [0.3, 0.4) is 0 Å². The van der Waals surface area contributed by atoms with Gasteiger partial charge in [-0.25, -0.2) is 4.98 Å². The molecule has 0 amide bonds. The molecule has 3 aromatic heterocycles. The van der Waals surface area contributed by atoms with Crippen molar-refractivity contribution in [3.63, 3.8) is 0 Å². The van der Waals surface area contributed by atoms with E-state index in [1.54, 1.807) is 6.20 Å². The molecule has 0 atom stereocenters. The average molecular weight is 356 g/mol. The summed E-state index contributed by atoms with van der Waals surface area (Å²) < 4.78 is 2.13. The van der Waals surface area contributed by atoms with E-state index < -0.39 is 0 Å². The molecule has 4 aromatic rings. The number of aromatic nitrogens is 5. The van der Waals surface area contributed by atoms with Crippen molar-refractivity contribution < 1.29 is 0 Å². The van der Waals surface area contributed by atoms with Crippen molar-refractivity contribution in [1.82, 2.24) is 24.7 Å². The summed E-state index contributed by atoms with van der Waals surface area (Å²) in [5, 5.41) is 4.89. The topological polar surface area (TPSA) is 82.5 Å². The maximum Gasteiger partial charge on any atom is 0.119 e. The van der Waals surface area contributed by atoms with Crippen molar-refractivity contribution in [2.24, 2.45) is 5.73 Å². The van der Waals surface area contributed by atoms with Crippen molar-refractivity contribution in [1.29, 1.82) is 0 Å². The quantitative estimate of drug-likeness (QED) is 0.609. The van der Waals surface area contributed by atoms with Gasteiger partial charge in [-0.1, -0.05) is 12.1 Å². The number of hydrogen-bond acceptors (Lipinski definition) is 5. The Kier molecular flexibility index (Phi) is 3.72. The van der Waals surface area contributed by atoms with E-state index in [1.165, 1.54) is 5.69 Å². The summed E-state index contributed by atoms with van der Waals surface area (Å²) in [5.74, 6) is 0. The van der Waals surface area contributed by atoms with Gasteiger partial charge in [0, 0.05) is 30.0 Å². The second-order valence-electron chi connectivity index (χ2n) is 6.93. The molecule has 6 nitrogen and oxygen atoms in total. The van der Waals surface area contributed by atoms with Gasteiger partial charge in [-0.05, 0) is 49.6 Å². The molecular formula is C21H20N6. The summed E-state index contributed by atoms with van der Waals surface area (Å²) in [6.07, 6.45) is 3.89. The molecule has 0 fully saturated rings. The van der Waals surface area contributed by atoms with Crippen LogP contribution in [0.25, 0.3) is 33.5 Å². The van der Waals surface area contributed by atoms with Gasteiger partial charge in [0.25, 0.3) is 0 Å². The van der Waals surface area contributed by atoms with Crippen LogP contribution >= 0.6 is 0 Å². The molecule has 0 unspecified atom stereocenters. The number of hydrogen-bond donors (Lipinski definition) is 1. The highest BCUT2D eigenvalue weighted by Gasteiger charge is 2.24. The van der Waals surface area contributed by atoms with E-state index in [0.717, 1.165) is 64.3 Å². The van der Waals surface area contributed by atoms with Crippen LogP contribution in [0.4, 0.5) is 0 Å². The third-order valence-electron chi connectivity index (χ3n) is 5.06. The first-order chi connectivity index (χ1) is 13.2. The third kappa shape index (κ3) is 2.69. The summed E-state index contributed by atoms with van der Waals surface area (Å²) in [6, 6.07) is 12.3. The van der Waals surface area contributed by atoms with Gasteiger partial charge in [-0.3, -0.25) is 14.6 Å². The van der Waals surface area contributed by atoms with Crippen LogP contribution in [-0.4, -0.2) is 24.7 Å². The van der Waals surface area contributed by atoms with Crippen molar-refractivity contribution in [2.75, 3.05) is 0 Å². The molecule has 6 heteroatoms. The van der Waals surface area contributed by atoms with E-state index >= 15 is 0 Å². The Morgan fingerprint density at radius 1 is 1.11 bits per heavy atom. The van der Waals surface area contributed by atoms with Gasteiger partial charge >= 0.3 is 0 Å². The maximum atomic E-state index is 5.74. The molecule has 27 heavy (non-hydrogen) atoms. The molecule has 1 aliphatic rings. The lowest BCUT2D eigenvalue weighted by molar-refractivity contribution is 0.658. The van der Waals surface area contributed by atoms with Gasteiger partial charge < -0.3 is 5.73 Å². The van der Waals surface area contributed by atoms with Crippen LogP contribution < -0.4 is 5.73 Å². The number of aryl methyl sites for hydroxylation is 2. The molecule has 4 heterocycles. The summed E-state index contributed by atoms with van der Waals surface area (Å²) in [4.78, 5) is 13.8. The minimum absolute atomic E-state index is 0.384. The molecule has 134 valence electrons. The minimum Gasteiger partial charge on any atom is -0.325 e. The lowest BCUT2D eigenvalue weighted by Gasteiger charge is -2.07. The number of nitrogens with zero attached hydrogens (tertiary/aromatic N) is 5. The second-order valence-corrected chi connectivity index (χ2v) is 6.93. The predicted molar refractivity (Wildman–Crippen MR) is 105 cm³/mol. The van der Waals surface area contributed by atoms with Crippen LogP contribution in [0.5, 0.6) is 0 Å².